The Kier molecular flexibility index (Phi) is 6.56. The molecule has 0 bridgehead atoms. The second kappa shape index (κ2) is 8.65. The molecule has 0 heterocycles. The summed E-state index contributed by atoms with van der Waals surface area (Å²) in [7, 11) is 0. The summed E-state index contributed by atoms with van der Waals surface area (Å²) in [4.78, 5) is 25.9. The molecule has 2 rings (SSSR count). The van der Waals surface area contributed by atoms with Gasteiger partial charge < -0.3 is 10.2 Å². The standard InChI is InChI=1S/C18H25FN2O2/c1-2-21(18(23)11-14-5-3-4-6-14)13-17(22)20-12-15-7-9-16(19)10-8-15/h7-10,14H,2-6,11-13H2,1H3,(H,20,22). The second-order valence-electron chi connectivity index (χ2n) is 6.17. The zero-order valence-electron chi connectivity index (χ0n) is 13.7. The van der Waals surface area contributed by atoms with E-state index in [0.29, 0.717) is 25.4 Å². The number of benzene rings is 1. The number of nitrogens with zero attached hydrogens (tertiary/aromatic N) is 1. The van der Waals surface area contributed by atoms with Crippen molar-refractivity contribution < 1.29 is 14.0 Å². The van der Waals surface area contributed by atoms with Crippen LogP contribution in [0.2, 0.25) is 0 Å². The number of likely N-dealkylation sites (N-methyl/N-ethyl adjacent to an activating group) is 1. The monoisotopic (exact) mass is 320 g/mol. The van der Waals surface area contributed by atoms with E-state index in [9.17, 15) is 14.0 Å². The molecule has 4 nitrogen and oxygen atoms in total. The largest absolute Gasteiger partial charge is 0.350 e. The Bertz CT molecular complexity index is 524. The first-order valence-electron chi connectivity index (χ1n) is 8.37. The van der Waals surface area contributed by atoms with Gasteiger partial charge in [-0.2, -0.15) is 0 Å². The predicted molar refractivity (Wildman–Crippen MR) is 87.1 cm³/mol. The first kappa shape index (κ1) is 17.4. The fourth-order valence-corrected chi connectivity index (χ4v) is 3.00. The number of rotatable bonds is 7. The second-order valence-corrected chi connectivity index (χ2v) is 6.17. The normalized spacial score (nSPS) is 14.7. The summed E-state index contributed by atoms with van der Waals surface area (Å²) >= 11 is 0. The Labute approximate surface area is 137 Å². The Hall–Kier alpha value is -1.91. The molecule has 1 aromatic rings. The van der Waals surface area contributed by atoms with Crippen LogP contribution in [0.25, 0.3) is 0 Å². The van der Waals surface area contributed by atoms with E-state index in [4.69, 9.17) is 0 Å². The van der Waals surface area contributed by atoms with Crippen LogP contribution < -0.4 is 5.32 Å². The molecule has 1 aliphatic rings. The van der Waals surface area contributed by atoms with Crippen LogP contribution >= 0.6 is 0 Å². The molecule has 1 N–H and O–H groups in total. The molecule has 0 atom stereocenters. The number of hydrogen-bond donors (Lipinski definition) is 1. The predicted octanol–water partition coefficient (Wildman–Crippen LogP) is 2.87. The molecule has 2 amide bonds. The number of carbonyl (C=O) groups excluding carboxylic acids is 2. The van der Waals surface area contributed by atoms with Crippen molar-refractivity contribution in [3.05, 3.63) is 35.6 Å². The highest BCUT2D eigenvalue weighted by Gasteiger charge is 2.22. The number of hydrogen-bond acceptors (Lipinski definition) is 2. The Morgan fingerprint density at radius 3 is 2.48 bits per heavy atom. The zero-order valence-corrected chi connectivity index (χ0v) is 13.7. The van der Waals surface area contributed by atoms with E-state index in [1.165, 1.54) is 25.0 Å². The third kappa shape index (κ3) is 5.66. The van der Waals surface area contributed by atoms with Gasteiger partial charge in [0.1, 0.15) is 5.82 Å². The van der Waals surface area contributed by atoms with Gasteiger partial charge in [0.15, 0.2) is 0 Å². The van der Waals surface area contributed by atoms with Crippen LogP contribution in [0.5, 0.6) is 0 Å². The van der Waals surface area contributed by atoms with Gasteiger partial charge in [0.05, 0.1) is 6.54 Å². The van der Waals surface area contributed by atoms with E-state index < -0.39 is 0 Å². The fourth-order valence-electron chi connectivity index (χ4n) is 3.00. The molecule has 0 aliphatic heterocycles. The van der Waals surface area contributed by atoms with Crippen molar-refractivity contribution in [2.24, 2.45) is 5.92 Å². The Morgan fingerprint density at radius 1 is 1.22 bits per heavy atom. The lowest BCUT2D eigenvalue weighted by Gasteiger charge is -2.22. The van der Waals surface area contributed by atoms with Gasteiger partial charge in [0, 0.05) is 19.5 Å². The van der Waals surface area contributed by atoms with Crippen molar-refractivity contribution in [2.75, 3.05) is 13.1 Å². The molecular weight excluding hydrogens is 295 g/mol. The lowest BCUT2D eigenvalue weighted by Crippen LogP contribution is -2.40. The molecule has 1 aromatic carbocycles. The minimum Gasteiger partial charge on any atom is -0.350 e. The van der Waals surface area contributed by atoms with Crippen LogP contribution in [0.3, 0.4) is 0 Å². The highest BCUT2D eigenvalue weighted by atomic mass is 19.1. The lowest BCUT2D eigenvalue weighted by molar-refractivity contribution is -0.136. The maximum Gasteiger partial charge on any atom is 0.239 e. The van der Waals surface area contributed by atoms with Gasteiger partial charge in [-0.25, -0.2) is 4.39 Å². The molecule has 0 spiro atoms. The SMILES string of the molecule is CCN(CC(=O)NCc1ccc(F)cc1)C(=O)CC1CCCC1. The molecule has 23 heavy (non-hydrogen) atoms. The maximum atomic E-state index is 12.8. The lowest BCUT2D eigenvalue weighted by atomic mass is 10.0. The number of carbonyl (C=O) groups is 2. The Morgan fingerprint density at radius 2 is 1.87 bits per heavy atom. The summed E-state index contributed by atoms with van der Waals surface area (Å²) in [6.07, 6.45) is 5.23. The van der Waals surface area contributed by atoms with Gasteiger partial charge in [-0.3, -0.25) is 9.59 Å². The van der Waals surface area contributed by atoms with Crippen molar-refractivity contribution >= 4 is 11.8 Å². The minimum atomic E-state index is -0.297. The van der Waals surface area contributed by atoms with Crippen molar-refractivity contribution in [1.82, 2.24) is 10.2 Å². The van der Waals surface area contributed by atoms with Gasteiger partial charge in [-0.1, -0.05) is 25.0 Å². The van der Waals surface area contributed by atoms with Crippen LogP contribution in [0.4, 0.5) is 4.39 Å². The first-order valence-corrected chi connectivity index (χ1v) is 8.37. The van der Waals surface area contributed by atoms with Crippen LogP contribution in [-0.2, 0) is 16.1 Å². The number of halogens is 1. The molecule has 1 aliphatic carbocycles. The van der Waals surface area contributed by atoms with Crippen molar-refractivity contribution in [2.45, 2.75) is 45.6 Å². The minimum absolute atomic E-state index is 0.0660. The highest BCUT2D eigenvalue weighted by molar-refractivity contribution is 5.84. The maximum absolute atomic E-state index is 12.8. The topological polar surface area (TPSA) is 49.4 Å². The van der Waals surface area contributed by atoms with Crippen LogP contribution in [-0.4, -0.2) is 29.8 Å². The summed E-state index contributed by atoms with van der Waals surface area (Å²) in [6.45, 7) is 2.85. The smallest absolute Gasteiger partial charge is 0.239 e. The summed E-state index contributed by atoms with van der Waals surface area (Å²) in [5.41, 5.74) is 0.833. The molecule has 0 radical (unpaired) electrons. The molecule has 5 heteroatoms. The molecule has 0 aromatic heterocycles. The van der Waals surface area contributed by atoms with Crippen LogP contribution in [0.15, 0.2) is 24.3 Å². The summed E-state index contributed by atoms with van der Waals surface area (Å²) < 4.78 is 12.8. The quantitative estimate of drug-likeness (QED) is 0.840. The van der Waals surface area contributed by atoms with Crippen molar-refractivity contribution in [3.63, 3.8) is 0 Å². The van der Waals surface area contributed by atoms with Crippen molar-refractivity contribution in [1.29, 1.82) is 0 Å². The molecular formula is C18H25FN2O2. The molecule has 0 unspecified atom stereocenters. The van der Waals surface area contributed by atoms with E-state index in [-0.39, 0.29) is 24.2 Å². The van der Waals surface area contributed by atoms with Gasteiger partial charge in [0.25, 0.3) is 0 Å². The van der Waals surface area contributed by atoms with Crippen LogP contribution in [0, 0.1) is 11.7 Å². The van der Waals surface area contributed by atoms with E-state index >= 15 is 0 Å². The van der Waals surface area contributed by atoms with Crippen LogP contribution in [0.1, 0.15) is 44.6 Å². The summed E-state index contributed by atoms with van der Waals surface area (Å²) in [5.74, 6) is 0.0702. The third-order valence-electron chi connectivity index (χ3n) is 4.41. The third-order valence-corrected chi connectivity index (χ3v) is 4.41. The van der Waals surface area contributed by atoms with E-state index in [2.05, 4.69) is 5.32 Å². The van der Waals surface area contributed by atoms with E-state index in [0.717, 1.165) is 18.4 Å². The van der Waals surface area contributed by atoms with Gasteiger partial charge in [-0.05, 0) is 43.4 Å². The Balaban J connectivity index is 1.76. The van der Waals surface area contributed by atoms with Gasteiger partial charge in [-0.15, -0.1) is 0 Å². The average molecular weight is 320 g/mol. The molecule has 0 saturated heterocycles. The number of nitrogens with one attached hydrogen (secondary N) is 1. The summed E-state index contributed by atoms with van der Waals surface area (Å²) in [6, 6.07) is 6.01. The van der Waals surface area contributed by atoms with Gasteiger partial charge >= 0.3 is 0 Å². The molecule has 1 saturated carbocycles. The fraction of sp³-hybridized carbons (Fsp3) is 0.556. The molecule has 1 fully saturated rings. The zero-order chi connectivity index (χ0) is 16.7. The highest BCUT2D eigenvalue weighted by Crippen LogP contribution is 2.27. The first-order chi connectivity index (χ1) is 11.1. The summed E-state index contributed by atoms with van der Waals surface area (Å²) in [5, 5.41) is 2.78. The average Bonchev–Trinajstić information content (AvgIpc) is 3.05. The van der Waals surface area contributed by atoms with E-state index in [1.54, 1.807) is 17.0 Å². The van der Waals surface area contributed by atoms with Gasteiger partial charge in [0.2, 0.25) is 11.8 Å². The number of amides is 2. The molecule has 126 valence electrons. The van der Waals surface area contributed by atoms with Crippen molar-refractivity contribution in [3.8, 4) is 0 Å². The van der Waals surface area contributed by atoms with E-state index in [1.807, 2.05) is 6.92 Å².